The topological polar surface area (TPSA) is 50.8 Å². The van der Waals surface area contributed by atoms with Crippen LogP contribution in [-0.4, -0.2) is 23.0 Å². The highest BCUT2D eigenvalue weighted by molar-refractivity contribution is 7.80. The highest BCUT2D eigenvalue weighted by Crippen LogP contribution is 2.30. The van der Waals surface area contributed by atoms with E-state index in [-0.39, 0.29) is 28.8 Å². The molecule has 1 unspecified atom stereocenters. The van der Waals surface area contributed by atoms with Crippen molar-refractivity contribution in [2.24, 2.45) is 0 Å². The molecule has 1 aliphatic rings. The molecule has 186 valence electrons. The van der Waals surface area contributed by atoms with Crippen LogP contribution in [0.5, 0.6) is 11.5 Å². The lowest BCUT2D eigenvalue weighted by atomic mass is 10.1. The number of carbonyl (C=O) groups excluding carboxylic acids is 1. The number of benzene rings is 3. The molecule has 1 fully saturated rings. The zero-order chi connectivity index (χ0) is 26.0. The maximum atomic E-state index is 14.0. The highest BCUT2D eigenvalue weighted by Gasteiger charge is 2.34. The summed E-state index contributed by atoms with van der Waals surface area (Å²) < 4.78 is 65.3. The third-order valence-electron chi connectivity index (χ3n) is 5.64. The predicted molar refractivity (Wildman–Crippen MR) is 129 cm³/mol. The SMILES string of the molecule is COc1ccc(/C=C2\NC(=S)N(C(C)c3ccccc3)C2=O)cc1COc1c(F)c(F)cc(F)c1F. The molecular weight excluding hydrogens is 496 g/mol. The molecule has 10 heteroatoms. The Morgan fingerprint density at radius 3 is 2.33 bits per heavy atom. The molecule has 1 amide bonds. The van der Waals surface area contributed by atoms with Crippen LogP contribution >= 0.6 is 12.2 Å². The Hall–Kier alpha value is -3.92. The molecule has 0 spiro atoms. The number of ether oxygens (including phenoxy) is 2. The van der Waals surface area contributed by atoms with Crippen molar-refractivity contribution in [2.75, 3.05) is 7.11 Å². The van der Waals surface area contributed by atoms with Crippen molar-refractivity contribution in [1.29, 1.82) is 0 Å². The Kier molecular flexibility index (Phi) is 7.25. The minimum atomic E-state index is -1.65. The van der Waals surface area contributed by atoms with Gasteiger partial charge in [0, 0.05) is 11.6 Å². The molecule has 0 radical (unpaired) electrons. The minimum absolute atomic E-state index is 0.100. The smallest absolute Gasteiger partial charge is 0.277 e. The van der Waals surface area contributed by atoms with Gasteiger partial charge in [0.1, 0.15) is 18.1 Å². The number of rotatable bonds is 7. The molecular formula is C26H20F4N2O3S. The van der Waals surface area contributed by atoms with Gasteiger partial charge < -0.3 is 14.8 Å². The van der Waals surface area contributed by atoms with E-state index in [1.54, 1.807) is 24.3 Å². The van der Waals surface area contributed by atoms with Crippen LogP contribution in [0.15, 0.2) is 60.3 Å². The molecule has 3 aromatic carbocycles. The average molecular weight is 517 g/mol. The van der Waals surface area contributed by atoms with Gasteiger partial charge in [-0.15, -0.1) is 0 Å². The monoisotopic (exact) mass is 516 g/mol. The third-order valence-corrected chi connectivity index (χ3v) is 5.94. The fourth-order valence-electron chi connectivity index (χ4n) is 3.78. The molecule has 1 aliphatic heterocycles. The van der Waals surface area contributed by atoms with Gasteiger partial charge in [-0.05, 0) is 48.5 Å². The molecule has 4 rings (SSSR count). The first-order chi connectivity index (χ1) is 17.2. The summed E-state index contributed by atoms with van der Waals surface area (Å²) >= 11 is 5.37. The number of carbonyl (C=O) groups is 1. The second-order valence-corrected chi connectivity index (χ2v) is 8.29. The number of amides is 1. The van der Waals surface area contributed by atoms with E-state index in [0.717, 1.165) is 5.56 Å². The zero-order valence-corrected chi connectivity index (χ0v) is 20.0. The first-order valence-corrected chi connectivity index (χ1v) is 11.2. The summed E-state index contributed by atoms with van der Waals surface area (Å²) in [5.41, 5.74) is 1.98. The molecule has 3 aromatic rings. The lowest BCUT2D eigenvalue weighted by Gasteiger charge is -2.23. The Balaban J connectivity index is 1.59. The van der Waals surface area contributed by atoms with Gasteiger partial charge in [0.05, 0.1) is 13.2 Å². The Morgan fingerprint density at radius 2 is 1.69 bits per heavy atom. The summed E-state index contributed by atoms with van der Waals surface area (Å²) in [5, 5.41) is 3.16. The van der Waals surface area contributed by atoms with Crippen LogP contribution in [0.1, 0.15) is 29.7 Å². The van der Waals surface area contributed by atoms with Crippen LogP contribution < -0.4 is 14.8 Å². The number of halogens is 4. The number of hydrogen-bond donors (Lipinski definition) is 1. The molecule has 1 heterocycles. The molecule has 36 heavy (non-hydrogen) atoms. The molecule has 1 atom stereocenters. The van der Waals surface area contributed by atoms with Crippen LogP contribution in [0.25, 0.3) is 6.08 Å². The molecule has 1 N–H and O–H groups in total. The summed E-state index contributed by atoms with van der Waals surface area (Å²) in [6, 6.07) is 14.0. The number of hydrogen-bond acceptors (Lipinski definition) is 4. The predicted octanol–water partition coefficient (Wildman–Crippen LogP) is 5.65. The molecule has 5 nitrogen and oxygen atoms in total. The average Bonchev–Trinajstić information content (AvgIpc) is 3.15. The van der Waals surface area contributed by atoms with E-state index in [4.69, 9.17) is 21.7 Å². The van der Waals surface area contributed by atoms with Gasteiger partial charge >= 0.3 is 0 Å². The Morgan fingerprint density at radius 1 is 1.03 bits per heavy atom. The van der Waals surface area contributed by atoms with Crippen molar-refractivity contribution < 1.29 is 31.8 Å². The maximum Gasteiger partial charge on any atom is 0.277 e. The first kappa shape index (κ1) is 25.2. The van der Waals surface area contributed by atoms with Gasteiger partial charge in [0.2, 0.25) is 11.6 Å². The van der Waals surface area contributed by atoms with Gasteiger partial charge in [-0.3, -0.25) is 9.69 Å². The third kappa shape index (κ3) is 4.90. The lowest BCUT2D eigenvalue weighted by molar-refractivity contribution is -0.123. The zero-order valence-electron chi connectivity index (χ0n) is 19.2. The van der Waals surface area contributed by atoms with Gasteiger partial charge in [0.15, 0.2) is 22.5 Å². The van der Waals surface area contributed by atoms with Crippen molar-refractivity contribution >= 4 is 29.3 Å². The fourth-order valence-corrected chi connectivity index (χ4v) is 4.13. The summed E-state index contributed by atoms with van der Waals surface area (Å²) in [6.07, 6.45) is 1.55. The van der Waals surface area contributed by atoms with Crippen molar-refractivity contribution in [3.8, 4) is 11.5 Å². The van der Waals surface area contributed by atoms with Gasteiger partial charge in [-0.1, -0.05) is 36.4 Å². The van der Waals surface area contributed by atoms with E-state index < -0.39 is 35.6 Å². The second kappa shape index (κ2) is 10.4. The summed E-state index contributed by atoms with van der Waals surface area (Å²) in [6.45, 7) is 1.40. The van der Waals surface area contributed by atoms with Crippen molar-refractivity contribution in [3.05, 3.63) is 100 Å². The number of methoxy groups -OCH3 is 1. The molecule has 0 saturated carbocycles. The summed E-state index contributed by atoms with van der Waals surface area (Å²) in [5.74, 6) is -7.65. The maximum absolute atomic E-state index is 14.0. The molecule has 1 saturated heterocycles. The number of nitrogens with one attached hydrogen (secondary N) is 1. The molecule has 0 aliphatic carbocycles. The van der Waals surface area contributed by atoms with Crippen LogP contribution in [0.2, 0.25) is 0 Å². The van der Waals surface area contributed by atoms with E-state index in [1.165, 1.54) is 12.0 Å². The van der Waals surface area contributed by atoms with E-state index in [2.05, 4.69) is 5.32 Å². The Labute approximate surface area is 209 Å². The van der Waals surface area contributed by atoms with Gasteiger partial charge in [-0.2, -0.15) is 8.78 Å². The largest absolute Gasteiger partial charge is 0.496 e. The first-order valence-electron chi connectivity index (χ1n) is 10.7. The highest BCUT2D eigenvalue weighted by atomic mass is 32.1. The lowest BCUT2D eigenvalue weighted by Crippen LogP contribution is -2.33. The quantitative estimate of drug-likeness (QED) is 0.190. The van der Waals surface area contributed by atoms with Crippen LogP contribution in [0, 0.1) is 23.3 Å². The van der Waals surface area contributed by atoms with Gasteiger partial charge in [-0.25, -0.2) is 8.78 Å². The number of thiocarbonyl (C=S) groups is 1. The van der Waals surface area contributed by atoms with Gasteiger partial charge in [0.25, 0.3) is 5.91 Å². The molecule has 0 bridgehead atoms. The van der Waals surface area contributed by atoms with Crippen molar-refractivity contribution in [1.82, 2.24) is 10.2 Å². The van der Waals surface area contributed by atoms with Crippen molar-refractivity contribution in [2.45, 2.75) is 19.6 Å². The molecule has 0 aromatic heterocycles. The van der Waals surface area contributed by atoms with Crippen LogP contribution in [0.4, 0.5) is 17.6 Å². The minimum Gasteiger partial charge on any atom is -0.496 e. The second-order valence-electron chi connectivity index (χ2n) is 7.91. The van der Waals surface area contributed by atoms with E-state index in [1.807, 2.05) is 37.3 Å². The fraction of sp³-hybridized carbons (Fsp3) is 0.154. The van der Waals surface area contributed by atoms with E-state index >= 15 is 0 Å². The summed E-state index contributed by atoms with van der Waals surface area (Å²) in [7, 11) is 1.38. The summed E-state index contributed by atoms with van der Waals surface area (Å²) in [4.78, 5) is 14.6. The standard InChI is InChI=1S/C26H20F4N2O3S/c1-14(16-6-4-3-5-7-16)32-25(33)20(31-26(32)36)11-15-8-9-21(34-2)17(10-15)13-35-24-22(29)18(27)12-19(28)23(24)30/h3-12,14H,13H2,1-2H3,(H,31,36)/b20-11-. The Bertz CT molecular complexity index is 1340. The normalized spacial score (nSPS) is 15.3. The van der Waals surface area contributed by atoms with E-state index in [9.17, 15) is 22.4 Å². The van der Waals surface area contributed by atoms with E-state index in [0.29, 0.717) is 16.9 Å². The van der Waals surface area contributed by atoms with Crippen LogP contribution in [0.3, 0.4) is 0 Å². The number of nitrogens with zero attached hydrogens (tertiary/aromatic N) is 1. The van der Waals surface area contributed by atoms with Crippen molar-refractivity contribution in [3.63, 3.8) is 0 Å². The van der Waals surface area contributed by atoms with Crippen LogP contribution in [-0.2, 0) is 11.4 Å².